The molecule has 19 heavy (non-hydrogen) atoms. The van der Waals surface area contributed by atoms with Gasteiger partial charge in [0.15, 0.2) is 0 Å². The van der Waals surface area contributed by atoms with Gasteiger partial charge in [0, 0.05) is 0 Å². The number of amides is 3. The first kappa shape index (κ1) is 15.4. The maximum absolute atomic E-state index is 11.4. The van der Waals surface area contributed by atoms with Crippen molar-refractivity contribution in [2.24, 2.45) is 11.7 Å². The first-order valence-electron chi connectivity index (χ1n) is 6.27. The third-order valence-corrected chi connectivity index (χ3v) is 3.22. The van der Waals surface area contributed by atoms with Crippen molar-refractivity contribution < 1.29 is 23.9 Å². The second-order valence-electron chi connectivity index (χ2n) is 4.63. The molecule has 0 saturated heterocycles. The number of carbonyl (C=O) groups excluding carboxylic acids is 3. The van der Waals surface area contributed by atoms with Gasteiger partial charge in [-0.25, -0.2) is 4.79 Å². The number of imide groups is 1. The highest BCUT2D eigenvalue weighted by molar-refractivity contribution is 5.95. The lowest BCUT2D eigenvalue weighted by Crippen LogP contribution is -2.43. The molecule has 0 aromatic carbocycles. The topological polar surface area (TPSA) is 108 Å². The van der Waals surface area contributed by atoms with Crippen LogP contribution in [0.5, 0.6) is 0 Å². The molecule has 0 aliphatic heterocycles. The Bertz CT molecular complexity index is 350. The highest BCUT2D eigenvalue weighted by atomic mass is 16.5. The predicted molar refractivity (Wildman–Crippen MR) is 66.0 cm³/mol. The molecular formula is C12H20N2O5. The third-order valence-electron chi connectivity index (χ3n) is 3.22. The molecule has 0 spiro atoms. The van der Waals surface area contributed by atoms with Crippen molar-refractivity contribution >= 4 is 17.9 Å². The van der Waals surface area contributed by atoms with Gasteiger partial charge < -0.3 is 15.2 Å². The van der Waals surface area contributed by atoms with E-state index in [0.29, 0.717) is 25.7 Å². The van der Waals surface area contributed by atoms with Crippen molar-refractivity contribution in [1.82, 2.24) is 5.32 Å². The van der Waals surface area contributed by atoms with E-state index >= 15 is 0 Å². The van der Waals surface area contributed by atoms with E-state index < -0.39 is 18.0 Å². The van der Waals surface area contributed by atoms with Gasteiger partial charge in [-0.1, -0.05) is 0 Å². The number of methoxy groups -OCH3 is 1. The Morgan fingerprint density at radius 1 is 1.21 bits per heavy atom. The number of hydrogen-bond acceptors (Lipinski definition) is 5. The predicted octanol–water partition coefficient (Wildman–Crippen LogP) is 0.318. The van der Waals surface area contributed by atoms with Crippen molar-refractivity contribution in [1.29, 1.82) is 0 Å². The first-order valence-corrected chi connectivity index (χ1v) is 6.27. The van der Waals surface area contributed by atoms with Gasteiger partial charge in [0.1, 0.15) is 6.10 Å². The van der Waals surface area contributed by atoms with E-state index in [1.807, 2.05) is 5.32 Å². The second kappa shape index (κ2) is 7.08. The summed E-state index contributed by atoms with van der Waals surface area (Å²) in [6.45, 7) is 1.56. The van der Waals surface area contributed by atoms with E-state index in [1.165, 1.54) is 7.11 Å². The molecule has 1 aliphatic carbocycles. The number of rotatable bonds is 4. The summed E-state index contributed by atoms with van der Waals surface area (Å²) in [5.74, 6) is -0.833. The summed E-state index contributed by atoms with van der Waals surface area (Å²) in [6, 6.07) is -0.894. The fraction of sp³-hybridized carbons (Fsp3) is 0.750. The Balaban J connectivity index is 2.34. The monoisotopic (exact) mass is 272 g/mol. The number of primary amides is 1. The molecule has 0 bridgehead atoms. The minimum atomic E-state index is -0.894. The number of nitrogens with one attached hydrogen (secondary N) is 1. The minimum Gasteiger partial charge on any atom is -0.469 e. The van der Waals surface area contributed by atoms with E-state index in [1.54, 1.807) is 6.92 Å². The Hall–Kier alpha value is -1.63. The van der Waals surface area contributed by atoms with Crippen LogP contribution in [-0.2, 0) is 19.1 Å². The standard InChI is InChI=1S/C12H20N2O5/c1-7(10(15)14-12(13)17)19-9-5-3-8(4-6-9)11(16)18-2/h7-9H,3-6H2,1-2H3,(H3,13,14,15,17). The van der Waals surface area contributed by atoms with E-state index in [2.05, 4.69) is 0 Å². The molecule has 1 atom stereocenters. The Labute approximate surface area is 111 Å². The molecule has 1 saturated carbocycles. The maximum Gasteiger partial charge on any atom is 0.318 e. The smallest absolute Gasteiger partial charge is 0.318 e. The van der Waals surface area contributed by atoms with Crippen molar-refractivity contribution in [2.75, 3.05) is 7.11 Å². The fourth-order valence-corrected chi connectivity index (χ4v) is 2.17. The molecule has 7 nitrogen and oxygen atoms in total. The Morgan fingerprint density at radius 2 is 1.79 bits per heavy atom. The summed E-state index contributed by atoms with van der Waals surface area (Å²) in [6.07, 6.45) is 1.91. The second-order valence-corrected chi connectivity index (χ2v) is 4.63. The summed E-state index contributed by atoms with van der Waals surface area (Å²) >= 11 is 0. The van der Waals surface area contributed by atoms with Gasteiger partial charge >= 0.3 is 12.0 Å². The molecule has 1 rings (SSSR count). The SMILES string of the molecule is COC(=O)C1CCC(OC(C)C(=O)NC(N)=O)CC1. The van der Waals surface area contributed by atoms with Gasteiger partial charge in [0.05, 0.1) is 19.1 Å². The Morgan fingerprint density at radius 3 is 2.26 bits per heavy atom. The molecule has 108 valence electrons. The summed E-state index contributed by atoms with van der Waals surface area (Å²) in [5, 5.41) is 1.97. The van der Waals surface area contributed by atoms with Crippen LogP contribution >= 0.6 is 0 Å². The van der Waals surface area contributed by atoms with Crippen LogP contribution in [0, 0.1) is 5.92 Å². The number of ether oxygens (including phenoxy) is 2. The van der Waals surface area contributed by atoms with Gasteiger partial charge in [-0.3, -0.25) is 14.9 Å². The van der Waals surface area contributed by atoms with Crippen LogP contribution in [0.25, 0.3) is 0 Å². The molecule has 0 aromatic heterocycles. The molecular weight excluding hydrogens is 252 g/mol. The molecule has 7 heteroatoms. The highest BCUT2D eigenvalue weighted by Crippen LogP contribution is 2.27. The van der Waals surface area contributed by atoms with E-state index in [4.69, 9.17) is 15.2 Å². The molecule has 1 aliphatic rings. The first-order chi connectivity index (χ1) is 8.93. The average Bonchev–Trinajstić information content (AvgIpc) is 2.37. The molecule has 0 aromatic rings. The normalized spacial score (nSPS) is 24.3. The maximum atomic E-state index is 11.4. The van der Waals surface area contributed by atoms with Crippen molar-refractivity contribution in [3.63, 3.8) is 0 Å². The number of carbonyl (C=O) groups is 3. The summed E-state index contributed by atoms with van der Waals surface area (Å²) < 4.78 is 10.2. The van der Waals surface area contributed by atoms with Crippen LogP contribution < -0.4 is 11.1 Å². The van der Waals surface area contributed by atoms with Crippen LogP contribution in [0.2, 0.25) is 0 Å². The zero-order valence-corrected chi connectivity index (χ0v) is 11.2. The van der Waals surface area contributed by atoms with Gasteiger partial charge in [0.25, 0.3) is 5.91 Å². The number of urea groups is 1. The zero-order chi connectivity index (χ0) is 14.4. The van der Waals surface area contributed by atoms with Crippen molar-refractivity contribution in [3.05, 3.63) is 0 Å². The van der Waals surface area contributed by atoms with Gasteiger partial charge in [-0.2, -0.15) is 0 Å². The molecule has 1 unspecified atom stereocenters. The van der Waals surface area contributed by atoms with Gasteiger partial charge in [0.2, 0.25) is 0 Å². The van der Waals surface area contributed by atoms with Crippen LogP contribution in [0.3, 0.4) is 0 Å². The van der Waals surface area contributed by atoms with E-state index in [0.717, 1.165) is 0 Å². The molecule has 3 N–H and O–H groups in total. The molecule has 0 radical (unpaired) electrons. The van der Waals surface area contributed by atoms with E-state index in [-0.39, 0.29) is 18.0 Å². The highest BCUT2D eigenvalue weighted by Gasteiger charge is 2.29. The molecule has 1 fully saturated rings. The zero-order valence-electron chi connectivity index (χ0n) is 11.2. The number of nitrogens with two attached hydrogens (primary N) is 1. The lowest BCUT2D eigenvalue weighted by Gasteiger charge is -2.28. The van der Waals surface area contributed by atoms with Crippen LogP contribution in [0.4, 0.5) is 4.79 Å². The van der Waals surface area contributed by atoms with Gasteiger partial charge in [-0.05, 0) is 32.6 Å². The quantitative estimate of drug-likeness (QED) is 0.716. The van der Waals surface area contributed by atoms with E-state index in [9.17, 15) is 14.4 Å². The lowest BCUT2D eigenvalue weighted by molar-refractivity contribution is -0.149. The van der Waals surface area contributed by atoms with Crippen LogP contribution in [-0.4, -0.2) is 37.2 Å². The minimum absolute atomic E-state index is 0.0837. The Kier molecular flexibility index (Phi) is 5.75. The third kappa shape index (κ3) is 4.86. The van der Waals surface area contributed by atoms with Gasteiger partial charge in [-0.15, -0.1) is 0 Å². The van der Waals surface area contributed by atoms with Crippen LogP contribution in [0.1, 0.15) is 32.6 Å². The molecule has 3 amide bonds. The van der Waals surface area contributed by atoms with Crippen molar-refractivity contribution in [2.45, 2.75) is 44.8 Å². The fourth-order valence-electron chi connectivity index (χ4n) is 2.17. The largest absolute Gasteiger partial charge is 0.469 e. The number of hydrogen-bond donors (Lipinski definition) is 2. The summed E-state index contributed by atoms with van der Waals surface area (Å²) in [5.41, 5.74) is 4.85. The summed E-state index contributed by atoms with van der Waals surface area (Å²) in [7, 11) is 1.38. The van der Waals surface area contributed by atoms with Crippen molar-refractivity contribution in [3.8, 4) is 0 Å². The summed E-state index contributed by atoms with van der Waals surface area (Å²) in [4.78, 5) is 33.3. The molecule has 0 heterocycles. The number of esters is 1. The van der Waals surface area contributed by atoms with Crippen LogP contribution in [0.15, 0.2) is 0 Å². The average molecular weight is 272 g/mol. The lowest BCUT2D eigenvalue weighted by atomic mass is 9.87.